The molecule has 6 rings (SSSR count). The first-order chi connectivity index (χ1) is 20.0. The van der Waals surface area contributed by atoms with E-state index in [0.717, 1.165) is 41.8 Å². The van der Waals surface area contributed by atoms with Crippen LogP contribution in [0.15, 0.2) is 30.3 Å². The Bertz CT molecular complexity index is 1500. The number of ether oxygens (including phenoxy) is 3. The summed E-state index contributed by atoms with van der Waals surface area (Å²) in [7, 11) is 3.79. The Morgan fingerprint density at radius 2 is 1.95 bits per heavy atom. The molecule has 7 nitrogen and oxygen atoms in total. The van der Waals surface area contributed by atoms with E-state index in [2.05, 4.69) is 57.5 Å². The molecule has 2 fully saturated rings. The summed E-state index contributed by atoms with van der Waals surface area (Å²) in [4.78, 5) is 31.1. The van der Waals surface area contributed by atoms with Gasteiger partial charge in [0.15, 0.2) is 11.5 Å². The van der Waals surface area contributed by atoms with Gasteiger partial charge in [0.05, 0.1) is 24.6 Å². The molecule has 2 aliphatic heterocycles. The molecule has 1 saturated heterocycles. The molecule has 0 aromatic heterocycles. The highest BCUT2D eigenvalue weighted by Gasteiger charge is 2.75. The average Bonchev–Trinajstić information content (AvgIpc) is 3.29. The van der Waals surface area contributed by atoms with Gasteiger partial charge in [0.1, 0.15) is 11.7 Å². The molecule has 2 heterocycles. The summed E-state index contributed by atoms with van der Waals surface area (Å²) >= 11 is 0. The van der Waals surface area contributed by atoms with Crippen LogP contribution >= 0.6 is 0 Å². The van der Waals surface area contributed by atoms with E-state index in [-0.39, 0.29) is 29.9 Å². The Morgan fingerprint density at radius 1 is 1.17 bits per heavy atom. The number of aryl methyl sites for hydroxylation is 2. The molecule has 2 aromatic carbocycles. The van der Waals surface area contributed by atoms with Crippen molar-refractivity contribution in [3.8, 4) is 23.3 Å². The number of piperidine rings is 1. The predicted molar refractivity (Wildman–Crippen MR) is 161 cm³/mol. The highest BCUT2D eigenvalue weighted by molar-refractivity contribution is 5.94. The molecule has 1 spiro atoms. The van der Waals surface area contributed by atoms with Crippen molar-refractivity contribution in [3.05, 3.63) is 58.1 Å². The summed E-state index contributed by atoms with van der Waals surface area (Å²) in [6.07, 6.45) is 2.45. The van der Waals surface area contributed by atoms with Gasteiger partial charge < -0.3 is 19.1 Å². The number of hydrogen-bond donors (Lipinski definition) is 0. The van der Waals surface area contributed by atoms with E-state index < -0.39 is 17.1 Å². The van der Waals surface area contributed by atoms with Gasteiger partial charge in [-0.3, -0.25) is 14.5 Å². The third kappa shape index (κ3) is 4.13. The lowest BCUT2D eigenvalue weighted by molar-refractivity contribution is -0.221. The van der Waals surface area contributed by atoms with Gasteiger partial charge in [-0.05, 0) is 93.9 Å². The Morgan fingerprint density at radius 3 is 2.64 bits per heavy atom. The minimum absolute atomic E-state index is 0.0212. The highest BCUT2D eigenvalue weighted by Crippen LogP contribution is 2.67. The van der Waals surface area contributed by atoms with E-state index in [1.54, 1.807) is 7.11 Å². The van der Waals surface area contributed by atoms with E-state index in [4.69, 9.17) is 14.2 Å². The van der Waals surface area contributed by atoms with Crippen molar-refractivity contribution in [2.45, 2.75) is 89.5 Å². The normalized spacial score (nSPS) is 28.7. The molecule has 42 heavy (non-hydrogen) atoms. The molecule has 0 N–H and O–H groups in total. The van der Waals surface area contributed by atoms with Crippen molar-refractivity contribution in [2.24, 2.45) is 5.92 Å². The maximum absolute atomic E-state index is 14.0. The van der Waals surface area contributed by atoms with Crippen LogP contribution in [0.1, 0.15) is 67.9 Å². The Kier molecular flexibility index (Phi) is 7.05. The van der Waals surface area contributed by atoms with E-state index in [0.29, 0.717) is 25.1 Å². The Balaban J connectivity index is 1.48. The Labute approximate surface area is 249 Å². The van der Waals surface area contributed by atoms with Crippen molar-refractivity contribution in [3.63, 3.8) is 0 Å². The third-order valence-electron chi connectivity index (χ3n) is 10.2. The summed E-state index contributed by atoms with van der Waals surface area (Å²) < 4.78 is 19.3. The number of likely N-dealkylation sites (tertiary alicyclic amines) is 1. The van der Waals surface area contributed by atoms with Crippen LogP contribution in [0.3, 0.4) is 0 Å². The largest absolute Gasteiger partial charge is 0.493 e. The number of carbonyl (C=O) groups is 2. The number of hydrogen-bond acceptors (Lipinski definition) is 6. The minimum Gasteiger partial charge on any atom is -0.493 e. The number of esters is 1. The zero-order valence-corrected chi connectivity index (χ0v) is 25.9. The quantitative estimate of drug-likeness (QED) is 0.388. The molecule has 0 unspecified atom stereocenters. The lowest BCUT2D eigenvalue weighted by Gasteiger charge is -2.65. The maximum atomic E-state index is 14.0. The summed E-state index contributed by atoms with van der Waals surface area (Å²) in [5, 5.41) is 0. The predicted octanol–water partition coefficient (Wildman–Crippen LogP) is 4.57. The van der Waals surface area contributed by atoms with E-state index in [1.165, 1.54) is 18.1 Å². The average molecular weight is 571 g/mol. The molecule has 1 amide bonds. The van der Waals surface area contributed by atoms with E-state index in [9.17, 15) is 9.59 Å². The molecular weight excluding hydrogens is 528 g/mol. The fourth-order valence-corrected chi connectivity index (χ4v) is 8.41. The molecule has 2 aromatic rings. The number of methoxy groups -OCH3 is 1. The second kappa shape index (κ2) is 10.3. The van der Waals surface area contributed by atoms with Crippen LogP contribution in [-0.2, 0) is 26.2 Å². The Hall–Kier alpha value is -3.50. The van der Waals surface area contributed by atoms with Crippen LogP contribution in [0, 0.1) is 31.6 Å². The fraction of sp³-hybridized carbons (Fsp3) is 0.543. The van der Waals surface area contributed by atoms with Crippen LogP contribution < -0.4 is 9.47 Å². The number of likely N-dealkylation sites (N-methyl/N-ethyl adjacent to an activating group) is 1. The van der Waals surface area contributed by atoms with Gasteiger partial charge in [0.2, 0.25) is 0 Å². The zero-order valence-electron chi connectivity index (χ0n) is 25.9. The summed E-state index contributed by atoms with van der Waals surface area (Å²) in [6, 6.07) is 9.95. The highest BCUT2D eigenvalue weighted by atomic mass is 16.6. The molecule has 222 valence electrons. The SMILES string of the molecule is COc1ccc2c3c1O[C@H]1[C@@H](N(CC(C)C)C(=O)C#Cc4ccc(C)c(C)c4)CC[C@@]4(OC(C)=O)[C@@H](C2)N(C)CC[C@]314. The topological polar surface area (TPSA) is 68.3 Å². The number of rotatable bonds is 5. The van der Waals surface area contributed by atoms with Gasteiger partial charge in [0.25, 0.3) is 5.91 Å². The standard InChI is InChI=1S/C35H42N2O5/c1-21(2)20-37(30(39)13-10-25-9-8-22(3)23(4)18-25)27-14-15-35(42-24(5)38)29-19-26-11-12-28(40-7)32-31(26)34(35,33(27)41-32)16-17-36(29)6/h8-9,11-12,18,21,27,29,33H,14-17,19-20H2,1-7H3/t27-,29+,33-,34-,35+/m0/s1. The van der Waals surface area contributed by atoms with Gasteiger partial charge in [-0.2, -0.15) is 0 Å². The van der Waals surface area contributed by atoms with Crippen LogP contribution in [0.5, 0.6) is 11.5 Å². The number of amides is 1. The molecule has 5 atom stereocenters. The molecule has 2 aliphatic carbocycles. The van der Waals surface area contributed by atoms with Crippen molar-refractivity contribution < 1.29 is 23.8 Å². The van der Waals surface area contributed by atoms with Gasteiger partial charge in [0, 0.05) is 30.5 Å². The summed E-state index contributed by atoms with van der Waals surface area (Å²) in [5.41, 5.74) is 4.16. The molecule has 0 radical (unpaired) electrons. The number of benzene rings is 2. The molecule has 2 bridgehead atoms. The minimum atomic E-state index is -0.755. The number of nitrogens with zero attached hydrogens (tertiary/aromatic N) is 2. The second-order valence-electron chi connectivity index (χ2n) is 13.1. The van der Waals surface area contributed by atoms with E-state index >= 15 is 0 Å². The van der Waals surface area contributed by atoms with Crippen molar-refractivity contribution >= 4 is 11.9 Å². The monoisotopic (exact) mass is 570 g/mol. The van der Waals surface area contributed by atoms with Crippen molar-refractivity contribution in [2.75, 3.05) is 27.2 Å². The van der Waals surface area contributed by atoms with Crippen molar-refractivity contribution in [1.82, 2.24) is 9.80 Å². The summed E-state index contributed by atoms with van der Waals surface area (Å²) in [5.74, 6) is 7.29. The molecule has 4 aliphatic rings. The lowest BCUT2D eigenvalue weighted by Crippen LogP contribution is -2.79. The third-order valence-corrected chi connectivity index (χ3v) is 10.2. The lowest BCUT2D eigenvalue weighted by atomic mass is 9.48. The molecular formula is C35H42N2O5. The fourth-order valence-electron chi connectivity index (χ4n) is 8.41. The summed E-state index contributed by atoms with van der Waals surface area (Å²) in [6.45, 7) is 11.3. The first-order valence-electron chi connectivity index (χ1n) is 15.2. The van der Waals surface area contributed by atoms with Crippen LogP contribution in [0.25, 0.3) is 0 Å². The van der Waals surface area contributed by atoms with Gasteiger partial charge in [-0.15, -0.1) is 0 Å². The number of carbonyl (C=O) groups excluding carboxylic acids is 2. The maximum Gasteiger partial charge on any atom is 0.303 e. The van der Waals surface area contributed by atoms with Gasteiger partial charge in [-0.1, -0.05) is 31.9 Å². The molecule has 1 saturated carbocycles. The van der Waals surface area contributed by atoms with Crippen LogP contribution in [0.2, 0.25) is 0 Å². The first-order valence-corrected chi connectivity index (χ1v) is 15.2. The van der Waals surface area contributed by atoms with Gasteiger partial charge in [-0.25, -0.2) is 0 Å². The van der Waals surface area contributed by atoms with E-state index in [1.807, 2.05) is 29.2 Å². The first kappa shape index (κ1) is 28.6. The van der Waals surface area contributed by atoms with Crippen LogP contribution in [0.4, 0.5) is 0 Å². The van der Waals surface area contributed by atoms with Crippen LogP contribution in [-0.4, -0.2) is 72.7 Å². The zero-order chi connectivity index (χ0) is 30.0. The smallest absolute Gasteiger partial charge is 0.303 e. The van der Waals surface area contributed by atoms with Gasteiger partial charge >= 0.3 is 5.97 Å². The molecule has 7 heteroatoms. The van der Waals surface area contributed by atoms with Crippen molar-refractivity contribution in [1.29, 1.82) is 0 Å². The second-order valence-corrected chi connectivity index (χ2v) is 13.1.